The van der Waals surface area contributed by atoms with E-state index in [2.05, 4.69) is 76.2 Å². The van der Waals surface area contributed by atoms with Crippen molar-refractivity contribution >= 4 is 135 Å². The van der Waals surface area contributed by atoms with Crippen molar-refractivity contribution in [3.8, 4) is 91.4 Å². The van der Waals surface area contributed by atoms with Gasteiger partial charge in [0.25, 0.3) is 0 Å². The van der Waals surface area contributed by atoms with Crippen LogP contribution in [0.4, 0.5) is 30.8 Å². The second-order valence-corrected chi connectivity index (χ2v) is 40.8. The fraction of sp³-hybridized carbons (Fsp3) is 0.324. The highest BCUT2D eigenvalue weighted by atomic mass is 33.1. The number of phenols is 4. The Kier molecular flexibility index (Phi) is 34.4. The molecule has 4 aliphatic rings. The summed E-state index contributed by atoms with van der Waals surface area (Å²) in [6.07, 6.45) is 4.40. The second-order valence-electron chi connectivity index (χ2n) is 35.7. The Hall–Kier alpha value is -15.5. The van der Waals surface area contributed by atoms with Crippen molar-refractivity contribution in [2.24, 2.45) is 11.5 Å². The summed E-state index contributed by atoms with van der Waals surface area (Å²) in [5.41, 5.74) is 19.9. The van der Waals surface area contributed by atoms with Gasteiger partial charge in [-0.1, -0.05) is 122 Å². The largest absolute Gasteiger partial charge is 0.508 e. The molecule has 0 spiro atoms. The van der Waals surface area contributed by atoms with Gasteiger partial charge in [-0.05, 0) is 148 Å². The summed E-state index contributed by atoms with van der Waals surface area (Å²) in [7, 11) is 5.95. The van der Waals surface area contributed by atoms with E-state index in [4.69, 9.17) is 59.2 Å². The Labute approximate surface area is 868 Å². The highest BCUT2D eigenvalue weighted by molar-refractivity contribution is 8.77. The molecule has 2 atom stereocenters. The first-order valence-electron chi connectivity index (χ1n) is 48.4. The number of benzene rings is 6. The van der Waals surface area contributed by atoms with Crippen LogP contribution in [0.3, 0.4) is 0 Å². The number of furan rings is 2. The van der Waals surface area contributed by atoms with E-state index in [1.54, 1.807) is 111 Å². The number of ether oxygens (including phenoxy) is 4. The number of nitrogens with zero attached hydrogens (tertiary/aromatic N) is 17. The van der Waals surface area contributed by atoms with Crippen molar-refractivity contribution in [2.75, 3.05) is 145 Å². The number of rotatable bonds is 32. The normalized spacial score (nSPS) is 14.5. The third-order valence-electron chi connectivity index (χ3n) is 25.0. The molecule has 4 fully saturated rings. The smallest absolute Gasteiger partial charge is 0.412 e. The number of aromatic amines is 2. The summed E-state index contributed by atoms with van der Waals surface area (Å²) in [5.74, 6) is 3.21. The van der Waals surface area contributed by atoms with E-state index in [9.17, 15) is 58.8 Å². The summed E-state index contributed by atoms with van der Waals surface area (Å²) < 4.78 is 37.2. The fourth-order valence-corrected chi connectivity index (χ4v) is 21.0. The van der Waals surface area contributed by atoms with Gasteiger partial charge in [0.1, 0.15) is 62.6 Å². The molecule has 43 nitrogen and oxygen atoms in total. The van der Waals surface area contributed by atoms with Crippen molar-refractivity contribution in [3.63, 3.8) is 0 Å². The van der Waals surface area contributed by atoms with Crippen molar-refractivity contribution in [2.45, 2.75) is 83.1 Å². The minimum Gasteiger partial charge on any atom is -0.508 e. The van der Waals surface area contributed by atoms with E-state index in [0.717, 1.165) is 32.5 Å². The Morgan fingerprint density at radius 2 is 0.906 bits per heavy atom. The van der Waals surface area contributed by atoms with E-state index in [1.807, 2.05) is 125 Å². The van der Waals surface area contributed by atoms with Gasteiger partial charge in [0.05, 0.1) is 59.7 Å². The molecular formula is C102H111N25O18S4. The van der Waals surface area contributed by atoms with Gasteiger partial charge >= 0.3 is 35.6 Å². The van der Waals surface area contributed by atoms with E-state index < -0.39 is 47.5 Å². The molecule has 0 bridgehead atoms. The molecule has 19 rings (SSSR count). The molecule has 776 valence electrons. The number of primary amides is 2. The molecule has 0 aliphatic carbocycles. The first kappa shape index (κ1) is 105. The van der Waals surface area contributed by atoms with Gasteiger partial charge < -0.3 is 101 Å². The van der Waals surface area contributed by atoms with Gasteiger partial charge in [0.15, 0.2) is 46.1 Å². The molecule has 8 amide bonds. The van der Waals surface area contributed by atoms with E-state index >= 15 is 0 Å². The highest BCUT2D eigenvalue weighted by Gasteiger charge is 2.32. The average Bonchev–Trinajstić information content (AvgIpc) is 1.58. The van der Waals surface area contributed by atoms with Crippen LogP contribution in [0.25, 0.3) is 101 Å². The van der Waals surface area contributed by atoms with Crippen LogP contribution in [0.5, 0.6) is 34.5 Å². The number of hydrogen-bond acceptors (Lipinski definition) is 35. The number of urea groups is 2. The predicted octanol–water partition coefficient (Wildman–Crippen LogP) is 12.3. The zero-order valence-electron chi connectivity index (χ0n) is 82.0. The van der Waals surface area contributed by atoms with Crippen LogP contribution in [0.1, 0.15) is 75.1 Å². The number of nitrogens with one attached hydrogen (secondary N) is 6. The van der Waals surface area contributed by atoms with Gasteiger partial charge in [-0.15, -0.1) is 0 Å². The Morgan fingerprint density at radius 1 is 0.470 bits per heavy atom. The number of piperazine rings is 2. The molecule has 149 heavy (non-hydrogen) atoms. The predicted molar refractivity (Wildman–Crippen MR) is 568 cm³/mol. The van der Waals surface area contributed by atoms with E-state index in [1.165, 1.54) is 42.9 Å². The molecule has 4 saturated heterocycles. The molecule has 15 aromatic rings. The number of amides is 8. The number of hydrogen-bond donors (Lipinski definition) is 12. The Balaban J connectivity index is 0.000000165. The number of aromatic nitrogens is 13. The topological polar surface area (TPSA) is 558 Å². The maximum atomic E-state index is 13.2. The van der Waals surface area contributed by atoms with E-state index in [0.29, 0.717) is 250 Å². The van der Waals surface area contributed by atoms with Gasteiger partial charge in [0.2, 0.25) is 23.2 Å². The van der Waals surface area contributed by atoms with Gasteiger partial charge in [0, 0.05) is 164 Å². The molecular weight excluding hydrogens is 1990 g/mol. The van der Waals surface area contributed by atoms with Crippen LogP contribution in [0.2, 0.25) is 0 Å². The summed E-state index contributed by atoms with van der Waals surface area (Å²) in [5, 5.41) is 68.4. The molecule has 4 aliphatic heterocycles. The number of carbonyl (C=O) groups excluding carboxylic acids is 6. The third-order valence-corrected chi connectivity index (χ3v) is 29.6. The molecule has 1 unspecified atom stereocenters. The maximum Gasteiger partial charge on any atom is 0.412 e. The molecule has 9 aromatic heterocycles. The van der Waals surface area contributed by atoms with Crippen LogP contribution >= 0.6 is 43.2 Å². The zero-order chi connectivity index (χ0) is 104. The quantitative estimate of drug-likeness (QED) is 0.0138. The Morgan fingerprint density at radius 3 is 1.33 bits per heavy atom. The summed E-state index contributed by atoms with van der Waals surface area (Å²) in [6, 6.07) is 45.9. The van der Waals surface area contributed by atoms with Crippen molar-refractivity contribution in [1.82, 2.24) is 105 Å². The minimum atomic E-state index is -0.904. The number of H-pyrrole nitrogens is 2. The van der Waals surface area contributed by atoms with E-state index in [-0.39, 0.29) is 70.8 Å². The SMILES string of the molecule is CC(C)c1cc(-c2n[nH]c(=O)n2-c2ccc(CN3CCN(C(=O)NC(CSSCCNC(=O)Oc4cccc(-c5nc(N6CCOCC6)c6oc7ncccc7c6n5)c4)C(N)=O)CC3)cc2)c(O)cc1O.CC[C@H](NC(=O)N1CCN(Cc2ccc(-n3c(-c4cc(C(C)C)c(O)cc4O)n[nH]c3=O)cc2)CC1)C(N)=O.O=C(NCCSSc1ccccn1)Oc1cccc(-c2nc(N3CCOCC3)c3oc4ncccc4c3n2)c1. The van der Waals surface area contributed by atoms with Gasteiger partial charge in [-0.25, -0.2) is 83.0 Å². The second kappa shape index (κ2) is 48.9. The third kappa shape index (κ3) is 25.8. The minimum absolute atomic E-state index is 0.00222. The number of fused-ring (bicyclic) bond motifs is 6. The first-order valence-corrected chi connectivity index (χ1v) is 53.2. The number of morpholine rings is 2. The first-order chi connectivity index (χ1) is 72.2. The number of phenolic OH excluding ortho intramolecular Hbond substituents is 4. The Bertz CT molecular complexity index is 7410. The van der Waals surface area contributed by atoms with Crippen LogP contribution in [0.15, 0.2) is 206 Å². The number of pyridine rings is 3. The summed E-state index contributed by atoms with van der Waals surface area (Å²) in [4.78, 5) is 145. The average molecular weight is 2100 g/mol. The van der Waals surface area contributed by atoms with Crippen molar-refractivity contribution < 1.29 is 77.0 Å². The number of carbonyl (C=O) groups is 6. The molecule has 0 saturated carbocycles. The van der Waals surface area contributed by atoms with Gasteiger partial charge in [-0.2, -0.15) is 10.2 Å². The lowest BCUT2D eigenvalue weighted by Crippen LogP contribution is -2.55. The van der Waals surface area contributed by atoms with Crippen LogP contribution < -0.4 is 63.4 Å². The molecule has 14 N–H and O–H groups in total. The van der Waals surface area contributed by atoms with Crippen LogP contribution in [0, 0.1) is 0 Å². The molecule has 6 aromatic carbocycles. The highest BCUT2D eigenvalue weighted by Crippen LogP contribution is 2.43. The lowest BCUT2D eigenvalue weighted by molar-refractivity contribution is -0.120. The monoisotopic (exact) mass is 2100 g/mol. The fourth-order valence-electron chi connectivity index (χ4n) is 17.1. The van der Waals surface area contributed by atoms with Crippen LogP contribution in [-0.4, -0.2) is 288 Å². The number of nitrogens with two attached hydrogens (primary N) is 2. The summed E-state index contributed by atoms with van der Waals surface area (Å²) >= 11 is 0. The molecule has 0 radical (unpaired) electrons. The maximum absolute atomic E-state index is 13.2. The lowest BCUT2D eigenvalue weighted by Gasteiger charge is -2.35. The summed E-state index contributed by atoms with van der Waals surface area (Å²) in [6.45, 7) is 20.9. The molecule has 13 heterocycles. The van der Waals surface area contributed by atoms with Crippen molar-refractivity contribution in [1.29, 1.82) is 0 Å². The lowest BCUT2D eigenvalue weighted by atomic mass is 9.98. The molecule has 47 heteroatoms. The zero-order valence-corrected chi connectivity index (χ0v) is 85.3. The standard InChI is InChI=1S/C48H52N12O9S2.C27H35N7O5.C27H24N6O4S2/c1-28(2)34-24-35(38(62)25-37(34)61)43-55-56-47(65)60(43)31-10-8-29(9-11-31)26-57-14-16-59(17-15-57)46(64)52-36(41(49)63)27-71-70-22-13-51-48(66)68-32-6-3-5-30(23-32)42-53-39-33-7-4-12-50-45(33)69-40(39)44(54-42)58-18-20-67-21-19-58;1-4-21(24(28)37)29-26(38)33-11-9-32(10-12-33)15-17-5-7-18(8-6-17)34-25(30-31-27(34)39)20-13-19(16(2)3)22(35)14-23(20)36;34-27(30-11-16-38-39-21-8-1-2-9-28-21)36-19-6-3-5-18(17-19)24-31-22-20-7-4-10-29-26(20)37-23(22)25(32-24)33-12-14-35-15-13-33/h3-12,23-25,28,36,61-62H,13-22,26-27H2,1-2H3,(H2,49,63)(H,51,66)(H,52,64)(H,56,65);5-8,13-14,16,21,35-36H,4,9-12,15H2,1-3H3,(H2,28,37)(H,29,38)(H,31,39);1-10,17H,11-16H2,(H,30,34)/t;21-;/m.0./s1. The number of anilines is 2. The van der Waals surface area contributed by atoms with Crippen LogP contribution in [-0.2, 0) is 32.2 Å². The van der Waals surface area contributed by atoms with Gasteiger partial charge in [-0.3, -0.25) is 19.4 Å². The number of aromatic hydroxyl groups is 4. The van der Waals surface area contributed by atoms with Crippen molar-refractivity contribution in [3.05, 3.63) is 226 Å².